The Kier molecular flexibility index (Phi) is 4.60. The average Bonchev–Trinajstić information content (AvgIpc) is 2.31. The Morgan fingerprint density at radius 1 is 1.47 bits per heavy atom. The number of halogens is 2. The van der Waals surface area contributed by atoms with Crippen molar-refractivity contribution >= 4 is 40.6 Å². The van der Waals surface area contributed by atoms with Crippen LogP contribution in [0.15, 0.2) is 23.4 Å². The van der Waals surface area contributed by atoms with Gasteiger partial charge in [0.15, 0.2) is 5.84 Å². The standard InChI is InChI=1S/C10H11Cl2N3O2/c1-5(9(13)15-17)10(16)14-8-6(11)3-2-4-7(8)12/h2-5,17H,1H3,(H2,13,15)(H,14,16). The molecule has 17 heavy (non-hydrogen) atoms. The zero-order valence-corrected chi connectivity index (χ0v) is 10.5. The number of nitrogens with two attached hydrogens (primary N) is 1. The van der Waals surface area contributed by atoms with E-state index in [0.717, 1.165) is 0 Å². The van der Waals surface area contributed by atoms with Gasteiger partial charge in [-0.2, -0.15) is 0 Å². The van der Waals surface area contributed by atoms with Crippen molar-refractivity contribution in [2.45, 2.75) is 6.92 Å². The van der Waals surface area contributed by atoms with Crippen molar-refractivity contribution in [3.63, 3.8) is 0 Å². The highest BCUT2D eigenvalue weighted by Crippen LogP contribution is 2.30. The Bertz CT molecular complexity index is 443. The van der Waals surface area contributed by atoms with E-state index < -0.39 is 11.8 Å². The molecule has 5 nitrogen and oxygen atoms in total. The fraction of sp³-hybridized carbons (Fsp3) is 0.200. The maximum Gasteiger partial charge on any atom is 0.235 e. The number of para-hydroxylation sites is 1. The second-order valence-electron chi connectivity index (χ2n) is 3.33. The van der Waals surface area contributed by atoms with E-state index in [9.17, 15) is 4.79 Å². The summed E-state index contributed by atoms with van der Waals surface area (Å²) in [5.41, 5.74) is 5.62. The van der Waals surface area contributed by atoms with Crippen molar-refractivity contribution in [2.75, 3.05) is 5.32 Å². The molecule has 7 heteroatoms. The van der Waals surface area contributed by atoms with Gasteiger partial charge >= 0.3 is 0 Å². The van der Waals surface area contributed by atoms with Gasteiger partial charge < -0.3 is 16.3 Å². The molecule has 1 aromatic carbocycles. The molecule has 1 unspecified atom stereocenters. The summed E-state index contributed by atoms with van der Waals surface area (Å²) in [6, 6.07) is 4.85. The number of amides is 1. The third kappa shape index (κ3) is 3.25. The molecule has 0 spiro atoms. The maximum absolute atomic E-state index is 11.7. The largest absolute Gasteiger partial charge is 0.409 e. The molecule has 1 atom stereocenters. The number of hydrogen-bond donors (Lipinski definition) is 3. The van der Waals surface area contributed by atoms with Crippen molar-refractivity contribution in [3.8, 4) is 0 Å². The number of amidine groups is 1. The van der Waals surface area contributed by atoms with Gasteiger partial charge in [0.1, 0.15) is 0 Å². The normalized spacial score (nSPS) is 13.2. The molecule has 4 N–H and O–H groups in total. The number of carbonyl (C=O) groups excluding carboxylic acids is 1. The molecule has 0 fully saturated rings. The number of benzene rings is 1. The second kappa shape index (κ2) is 5.75. The molecule has 0 heterocycles. The number of rotatable bonds is 3. The van der Waals surface area contributed by atoms with Crippen LogP contribution in [0.3, 0.4) is 0 Å². The minimum atomic E-state index is -0.785. The average molecular weight is 276 g/mol. The molecule has 0 radical (unpaired) electrons. The van der Waals surface area contributed by atoms with Crippen LogP contribution in [0.2, 0.25) is 10.0 Å². The van der Waals surface area contributed by atoms with Gasteiger partial charge in [-0.3, -0.25) is 4.79 Å². The lowest BCUT2D eigenvalue weighted by molar-refractivity contribution is -0.117. The van der Waals surface area contributed by atoms with Gasteiger partial charge in [0.2, 0.25) is 5.91 Å². The molecule has 0 aliphatic heterocycles. The molecular weight excluding hydrogens is 265 g/mol. The zero-order valence-electron chi connectivity index (χ0n) is 8.95. The van der Waals surface area contributed by atoms with E-state index in [1.54, 1.807) is 18.2 Å². The molecular formula is C10H11Cl2N3O2. The van der Waals surface area contributed by atoms with Gasteiger partial charge in [-0.1, -0.05) is 34.4 Å². The van der Waals surface area contributed by atoms with Gasteiger partial charge in [-0.05, 0) is 19.1 Å². The molecule has 0 aliphatic carbocycles. The summed E-state index contributed by atoms with van der Waals surface area (Å²) in [5.74, 6) is -1.44. The van der Waals surface area contributed by atoms with Crippen molar-refractivity contribution in [1.82, 2.24) is 0 Å². The fourth-order valence-corrected chi connectivity index (χ4v) is 1.56. The van der Waals surface area contributed by atoms with Gasteiger partial charge in [0.05, 0.1) is 21.7 Å². The smallest absolute Gasteiger partial charge is 0.235 e. The summed E-state index contributed by atoms with van der Waals surface area (Å²) in [6.45, 7) is 1.50. The highest BCUT2D eigenvalue weighted by molar-refractivity contribution is 6.39. The lowest BCUT2D eigenvalue weighted by atomic mass is 10.1. The Morgan fingerprint density at radius 2 is 2.00 bits per heavy atom. The van der Waals surface area contributed by atoms with Crippen molar-refractivity contribution < 1.29 is 10.0 Å². The van der Waals surface area contributed by atoms with E-state index in [1.807, 2.05) is 0 Å². The Hall–Kier alpha value is -1.46. The number of nitrogens with one attached hydrogen (secondary N) is 1. The first-order valence-corrected chi connectivity index (χ1v) is 5.45. The van der Waals surface area contributed by atoms with Crippen LogP contribution in [0, 0.1) is 5.92 Å². The quantitative estimate of drug-likeness (QED) is 0.342. The first kappa shape index (κ1) is 13.6. The SMILES string of the molecule is CC(C(=O)Nc1c(Cl)cccc1Cl)/C(N)=N/O. The van der Waals surface area contributed by atoms with Crippen molar-refractivity contribution in [3.05, 3.63) is 28.2 Å². The number of oxime groups is 1. The molecule has 0 saturated carbocycles. The van der Waals surface area contributed by atoms with Crippen LogP contribution in [0.25, 0.3) is 0 Å². The number of carbonyl (C=O) groups is 1. The van der Waals surface area contributed by atoms with E-state index >= 15 is 0 Å². The molecule has 1 aromatic rings. The predicted octanol–water partition coefficient (Wildman–Crippen LogP) is 2.31. The lowest BCUT2D eigenvalue weighted by Crippen LogP contribution is -2.32. The summed E-state index contributed by atoms with van der Waals surface area (Å²) >= 11 is 11.8. The number of anilines is 1. The van der Waals surface area contributed by atoms with Crippen LogP contribution in [0.4, 0.5) is 5.69 Å². The molecule has 92 valence electrons. The van der Waals surface area contributed by atoms with Crippen LogP contribution in [-0.2, 0) is 4.79 Å². The maximum atomic E-state index is 11.7. The fourth-order valence-electron chi connectivity index (χ4n) is 1.07. The minimum absolute atomic E-state index is 0.189. The molecule has 1 rings (SSSR count). The van der Waals surface area contributed by atoms with E-state index in [2.05, 4.69) is 10.5 Å². The first-order valence-electron chi connectivity index (χ1n) is 4.69. The van der Waals surface area contributed by atoms with Crippen LogP contribution >= 0.6 is 23.2 Å². The van der Waals surface area contributed by atoms with Gasteiger partial charge in [0.25, 0.3) is 0 Å². The van der Waals surface area contributed by atoms with Crippen LogP contribution in [0.5, 0.6) is 0 Å². The minimum Gasteiger partial charge on any atom is -0.409 e. The Labute approximate surface area is 108 Å². The summed E-state index contributed by atoms with van der Waals surface area (Å²) in [7, 11) is 0. The summed E-state index contributed by atoms with van der Waals surface area (Å²) < 4.78 is 0. The number of nitrogens with zero attached hydrogens (tertiary/aromatic N) is 1. The van der Waals surface area contributed by atoms with Gasteiger partial charge in [-0.15, -0.1) is 0 Å². The summed E-state index contributed by atoms with van der Waals surface area (Å²) in [6.07, 6.45) is 0. The predicted molar refractivity (Wildman–Crippen MR) is 67.7 cm³/mol. The van der Waals surface area contributed by atoms with Crippen LogP contribution in [-0.4, -0.2) is 17.0 Å². The Balaban J connectivity index is 2.89. The third-order valence-corrected chi connectivity index (χ3v) is 2.79. The topological polar surface area (TPSA) is 87.7 Å². The molecule has 1 amide bonds. The number of hydrogen-bond acceptors (Lipinski definition) is 3. The monoisotopic (exact) mass is 275 g/mol. The molecule has 0 bridgehead atoms. The van der Waals surface area contributed by atoms with E-state index in [4.69, 9.17) is 34.1 Å². The van der Waals surface area contributed by atoms with E-state index in [-0.39, 0.29) is 5.84 Å². The molecule has 0 saturated heterocycles. The Morgan fingerprint density at radius 3 is 2.47 bits per heavy atom. The van der Waals surface area contributed by atoms with E-state index in [0.29, 0.717) is 15.7 Å². The van der Waals surface area contributed by atoms with E-state index in [1.165, 1.54) is 6.92 Å². The highest BCUT2D eigenvalue weighted by Gasteiger charge is 2.19. The van der Waals surface area contributed by atoms with Gasteiger partial charge in [-0.25, -0.2) is 0 Å². The third-order valence-electron chi connectivity index (χ3n) is 2.16. The summed E-state index contributed by atoms with van der Waals surface area (Å²) in [5, 5.41) is 14.4. The molecule has 0 aromatic heterocycles. The van der Waals surface area contributed by atoms with Crippen molar-refractivity contribution in [1.29, 1.82) is 0 Å². The first-order chi connectivity index (χ1) is 7.97. The second-order valence-corrected chi connectivity index (χ2v) is 4.15. The van der Waals surface area contributed by atoms with Gasteiger partial charge in [0, 0.05) is 0 Å². The lowest BCUT2D eigenvalue weighted by Gasteiger charge is -2.12. The zero-order chi connectivity index (χ0) is 13.0. The van der Waals surface area contributed by atoms with Crippen LogP contribution in [0.1, 0.15) is 6.92 Å². The molecule has 0 aliphatic rings. The van der Waals surface area contributed by atoms with Crippen LogP contribution < -0.4 is 11.1 Å². The van der Waals surface area contributed by atoms with Crippen molar-refractivity contribution in [2.24, 2.45) is 16.8 Å². The highest BCUT2D eigenvalue weighted by atomic mass is 35.5. The summed E-state index contributed by atoms with van der Waals surface area (Å²) in [4.78, 5) is 11.7.